The van der Waals surface area contributed by atoms with Gasteiger partial charge in [0.1, 0.15) is 5.69 Å². The zero-order valence-electron chi connectivity index (χ0n) is 5.88. The van der Waals surface area contributed by atoms with Crippen molar-refractivity contribution in [1.82, 2.24) is 9.97 Å². The van der Waals surface area contributed by atoms with Crippen molar-refractivity contribution in [3.8, 4) is 0 Å². The Labute approximate surface area is 78.6 Å². The van der Waals surface area contributed by atoms with Crippen LogP contribution < -0.4 is 5.32 Å². The van der Waals surface area contributed by atoms with Crippen molar-refractivity contribution in [3.63, 3.8) is 0 Å². The molecule has 1 aromatic rings. The molecule has 0 saturated heterocycles. The third kappa shape index (κ3) is 1.23. The molecule has 2 heterocycles. The number of rotatable bonds is 0. The lowest BCUT2D eigenvalue weighted by Crippen LogP contribution is -2.09. The van der Waals surface area contributed by atoms with Gasteiger partial charge in [-0.1, -0.05) is 11.6 Å². The fraction of sp³-hybridized carbons (Fsp3) is 0.167. The van der Waals surface area contributed by atoms with Crippen LogP contribution in [0.15, 0.2) is 4.99 Å². The predicted molar refractivity (Wildman–Crippen MR) is 48.7 cm³/mol. The van der Waals surface area contributed by atoms with Crippen LogP contribution in [0.3, 0.4) is 0 Å². The summed E-state index contributed by atoms with van der Waals surface area (Å²) in [5.74, 6) is 0.492. The molecule has 1 N–H and O–H groups in total. The second-order valence-electron chi connectivity index (χ2n) is 2.17. The van der Waals surface area contributed by atoms with Gasteiger partial charge in [0.15, 0.2) is 11.0 Å². The Kier molecular flexibility index (Phi) is 1.86. The van der Waals surface area contributed by atoms with Crippen molar-refractivity contribution in [2.75, 3.05) is 11.9 Å². The van der Waals surface area contributed by atoms with Gasteiger partial charge in [-0.2, -0.15) is 4.98 Å². The first kappa shape index (κ1) is 7.76. The van der Waals surface area contributed by atoms with Gasteiger partial charge in [-0.15, -0.1) is 0 Å². The maximum atomic E-state index is 5.78. The zero-order chi connectivity index (χ0) is 8.55. The largest absolute Gasteiger partial charge is 0.374 e. The van der Waals surface area contributed by atoms with Gasteiger partial charge < -0.3 is 5.32 Å². The highest BCUT2D eigenvalue weighted by atomic mass is 35.5. The van der Waals surface area contributed by atoms with Gasteiger partial charge >= 0.3 is 0 Å². The summed E-state index contributed by atoms with van der Waals surface area (Å²) in [5.41, 5.74) is 0.642. The van der Waals surface area contributed by atoms with E-state index in [1.54, 1.807) is 6.21 Å². The molecule has 0 unspecified atom stereocenters. The number of hydrogen-bond acceptors (Lipinski definition) is 4. The average Bonchev–Trinajstić information content (AvgIpc) is 2.04. The summed E-state index contributed by atoms with van der Waals surface area (Å²) in [6, 6.07) is 0. The molecule has 1 aromatic heterocycles. The Morgan fingerprint density at radius 3 is 3.00 bits per heavy atom. The monoisotopic (exact) mass is 202 g/mol. The molecule has 0 radical (unpaired) electrons. The number of nitrogens with one attached hydrogen (secondary N) is 1. The maximum absolute atomic E-state index is 5.78. The number of aliphatic imine (C=N–C) groups is 1. The van der Waals surface area contributed by atoms with E-state index in [1.807, 2.05) is 0 Å². The number of anilines is 1. The molecule has 0 aromatic carbocycles. The summed E-state index contributed by atoms with van der Waals surface area (Å²) in [6.45, 7) is 0.637. The maximum Gasteiger partial charge on any atom is 0.225 e. The minimum absolute atomic E-state index is 0.111. The van der Waals surface area contributed by atoms with Crippen LogP contribution in [0.4, 0.5) is 11.5 Å². The average molecular weight is 203 g/mol. The quantitative estimate of drug-likeness (QED) is 0.517. The van der Waals surface area contributed by atoms with Gasteiger partial charge in [-0.05, 0) is 11.6 Å². The first-order chi connectivity index (χ1) is 5.77. The molecule has 0 bridgehead atoms. The van der Waals surface area contributed by atoms with Gasteiger partial charge in [0, 0.05) is 6.21 Å². The van der Waals surface area contributed by atoms with Gasteiger partial charge in [-0.25, -0.2) is 9.98 Å². The highest BCUT2D eigenvalue weighted by Crippen LogP contribution is 2.31. The van der Waals surface area contributed by atoms with Crippen LogP contribution in [0.25, 0.3) is 0 Å². The molecule has 0 atom stereocenters. The Morgan fingerprint density at radius 2 is 2.17 bits per heavy atom. The van der Waals surface area contributed by atoms with Crippen LogP contribution >= 0.6 is 23.2 Å². The SMILES string of the molecule is Clc1nc(Cl)c2c(n1)N=CCN2. The summed E-state index contributed by atoms with van der Waals surface area (Å²) >= 11 is 11.3. The highest BCUT2D eigenvalue weighted by Gasteiger charge is 2.12. The third-order valence-corrected chi connectivity index (χ3v) is 1.84. The van der Waals surface area contributed by atoms with E-state index in [0.29, 0.717) is 23.2 Å². The topological polar surface area (TPSA) is 50.2 Å². The van der Waals surface area contributed by atoms with Crippen molar-refractivity contribution in [1.29, 1.82) is 0 Å². The smallest absolute Gasteiger partial charge is 0.225 e. The molecule has 2 rings (SSSR count). The summed E-state index contributed by atoms with van der Waals surface area (Å²) in [6.07, 6.45) is 1.70. The molecule has 12 heavy (non-hydrogen) atoms. The lowest BCUT2D eigenvalue weighted by atomic mass is 10.4. The second kappa shape index (κ2) is 2.88. The minimum Gasteiger partial charge on any atom is -0.374 e. The van der Waals surface area contributed by atoms with E-state index >= 15 is 0 Å². The van der Waals surface area contributed by atoms with Gasteiger partial charge in [0.05, 0.1) is 6.54 Å². The highest BCUT2D eigenvalue weighted by molar-refractivity contribution is 6.34. The van der Waals surface area contributed by atoms with Crippen LogP contribution in [-0.2, 0) is 0 Å². The van der Waals surface area contributed by atoms with Crippen molar-refractivity contribution < 1.29 is 0 Å². The lowest BCUT2D eigenvalue weighted by molar-refractivity contribution is 1.13. The van der Waals surface area contributed by atoms with Gasteiger partial charge in [-0.3, -0.25) is 0 Å². The molecule has 6 heteroatoms. The Bertz CT molecular complexity index is 350. The van der Waals surface area contributed by atoms with Crippen LogP contribution in [0.1, 0.15) is 0 Å². The van der Waals surface area contributed by atoms with Crippen LogP contribution in [0.2, 0.25) is 10.4 Å². The Morgan fingerprint density at radius 1 is 1.33 bits per heavy atom. The van der Waals surface area contributed by atoms with Crippen molar-refractivity contribution in [2.45, 2.75) is 0 Å². The van der Waals surface area contributed by atoms with E-state index in [0.717, 1.165) is 0 Å². The predicted octanol–water partition coefficient (Wildman–Crippen LogP) is 1.91. The molecule has 1 aliphatic heterocycles. The first-order valence-electron chi connectivity index (χ1n) is 3.27. The molecular formula is C6H4Cl2N4. The van der Waals surface area contributed by atoms with Crippen LogP contribution in [0, 0.1) is 0 Å². The number of nitrogens with zero attached hydrogens (tertiary/aromatic N) is 3. The molecule has 62 valence electrons. The van der Waals surface area contributed by atoms with E-state index in [2.05, 4.69) is 20.3 Å². The fourth-order valence-electron chi connectivity index (χ4n) is 0.923. The Balaban J connectivity index is 2.62. The van der Waals surface area contributed by atoms with E-state index in [4.69, 9.17) is 23.2 Å². The van der Waals surface area contributed by atoms with Crippen molar-refractivity contribution in [3.05, 3.63) is 10.4 Å². The minimum atomic E-state index is 0.111. The molecule has 0 amide bonds. The van der Waals surface area contributed by atoms with E-state index in [9.17, 15) is 0 Å². The van der Waals surface area contributed by atoms with E-state index in [1.165, 1.54) is 0 Å². The molecule has 0 spiro atoms. The lowest BCUT2D eigenvalue weighted by Gasteiger charge is -2.11. The fourth-order valence-corrected chi connectivity index (χ4v) is 1.36. The van der Waals surface area contributed by atoms with E-state index in [-0.39, 0.29) is 5.28 Å². The van der Waals surface area contributed by atoms with E-state index < -0.39 is 0 Å². The van der Waals surface area contributed by atoms with Gasteiger partial charge in [0.2, 0.25) is 5.28 Å². The zero-order valence-corrected chi connectivity index (χ0v) is 7.39. The normalized spacial score (nSPS) is 13.8. The summed E-state index contributed by atoms with van der Waals surface area (Å²) in [4.78, 5) is 11.7. The van der Waals surface area contributed by atoms with Crippen LogP contribution in [-0.4, -0.2) is 22.7 Å². The number of halogens is 2. The van der Waals surface area contributed by atoms with Gasteiger partial charge in [0.25, 0.3) is 0 Å². The number of aromatic nitrogens is 2. The first-order valence-corrected chi connectivity index (χ1v) is 4.02. The summed E-state index contributed by atoms with van der Waals surface area (Å²) < 4.78 is 0. The van der Waals surface area contributed by atoms with Crippen molar-refractivity contribution in [2.24, 2.45) is 4.99 Å². The summed E-state index contributed by atoms with van der Waals surface area (Å²) in [7, 11) is 0. The second-order valence-corrected chi connectivity index (χ2v) is 2.87. The number of hydrogen-bond donors (Lipinski definition) is 1. The van der Waals surface area contributed by atoms with Crippen molar-refractivity contribution >= 4 is 40.9 Å². The Hall–Kier alpha value is -0.870. The molecule has 0 aliphatic carbocycles. The summed E-state index contributed by atoms with van der Waals surface area (Å²) in [5, 5.41) is 3.41. The molecule has 0 fully saturated rings. The third-order valence-electron chi connectivity index (χ3n) is 1.40. The standard InChI is InChI=1S/C6H4Cl2N4/c7-4-3-5(10-2-1-9-3)12-6(8)11-4/h2,9H,1H2. The molecule has 1 aliphatic rings. The molecular weight excluding hydrogens is 199 g/mol. The van der Waals surface area contributed by atoms with Crippen LogP contribution in [0.5, 0.6) is 0 Å². The number of fused-ring (bicyclic) bond motifs is 1. The molecule has 0 saturated carbocycles. The molecule has 4 nitrogen and oxygen atoms in total.